The molecule has 1 N–H and O–H groups in total. The summed E-state index contributed by atoms with van der Waals surface area (Å²) in [6.45, 7) is 2.00. The number of fused-ring (bicyclic) bond motifs is 1. The Morgan fingerprint density at radius 2 is 1.72 bits per heavy atom. The van der Waals surface area contributed by atoms with Crippen LogP contribution in [0.1, 0.15) is 31.2 Å². The van der Waals surface area contributed by atoms with Gasteiger partial charge in [0.25, 0.3) is 0 Å². The average molecular weight is 461 g/mol. The van der Waals surface area contributed by atoms with Crippen molar-refractivity contribution in [3.63, 3.8) is 0 Å². The molecule has 4 rings (SSSR count). The Balaban J connectivity index is 1.52. The molecule has 1 amide bonds. The predicted molar refractivity (Wildman–Crippen MR) is 120 cm³/mol. The Hall–Kier alpha value is -2.78. The van der Waals surface area contributed by atoms with Crippen LogP contribution in [0, 0.1) is 0 Å². The Bertz CT molecular complexity index is 1080. The number of amides is 1. The minimum Gasteiger partial charge on any atom is -0.495 e. The minimum atomic E-state index is -3.64. The Kier molecular flexibility index (Phi) is 6.86. The molecule has 0 spiro atoms. The molecule has 0 radical (unpaired) electrons. The average Bonchev–Trinajstić information content (AvgIpc) is 3.09. The molecule has 0 aliphatic carbocycles. The van der Waals surface area contributed by atoms with Crippen LogP contribution in [0.4, 0.5) is 5.69 Å². The predicted octanol–water partition coefficient (Wildman–Crippen LogP) is 3.21. The lowest BCUT2D eigenvalue weighted by Gasteiger charge is -2.21. The second-order valence-corrected chi connectivity index (χ2v) is 9.82. The minimum absolute atomic E-state index is 0.100. The van der Waals surface area contributed by atoms with Gasteiger partial charge in [-0.15, -0.1) is 0 Å². The first-order valence-corrected chi connectivity index (χ1v) is 12.3. The van der Waals surface area contributed by atoms with Gasteiger partial charge >= 0.3 is 0 Å². The van der Waals surface area contributed by atoms with Gasteiger partial charge in [0.1, 0.15) is 19.0 Å². The van der Waals surface area contributed by atoms with Crippen molar-refractivity contribution in [2.75, 3.05) is 38.7 Å². The third kappa shape index (κ3) is 4.99. The number of carbonyl (C=O) groups is 1. The van der Waals surface area contributed by atoms with E-state index < -0.39 is 10.0 Å². The molecule has 2 aromatic rings. The summed E-state index contributed by atoms with van der Waals surface area (Å²) >= 11 is 0. The van der Waals surface area contributed by atoms with Gasteiger partial charge in [0.05, 0.1) is 24.1 Å². The van der Waals surface area contributed by atoms with E-state index in [1.165, 1.54) is 23.5 Å². The molecule has 32 heavy (non-hydrogen) atoms. The summed E-state index contributed by atoms with van der Waals surface area (Å²) in [6.07, 6.45) is 3.89. The van der Waals surface area contributed by atoms with E-state index in [9.17, 15) is 13.2 Å². The number of nitrogens with one attached hydrogen (secondary N) is 1. The van der Waals surface area contributed by atoms with Crippen LogP contribution in [0.5, 0.6) is 17.2 Å². The maximum atomic E-state index is 13.2. The van der Waals surface area contributed by atoms with E-state index in [0.29, 0.717) is 49.2 Å². The number of carbonyl (C=O) groups excluding carboxylic acids is 1. The second-order valence-electron chi connectivity index (χ2n) is 7.88. The molecular formula is C23H28N2O6S. The SMILES string of the molecule is COc1ccc(S(=O)(=O)N2CCCCCC2)cc1NC(=O)Cc1ccc2c(c1)OCCO2. The van der Waals surface area contributed by atoms with Crippen LogP contribution >= 0.6 is 0 Å². The quantitative estimate of drug-likeness (QED) is 0.712. The van der Waals surface area contributed by atoms with Gasteiger partial charge in [-0.05, 0) is 48.7 Å². The van der Waals surface area contributed by atoms with Gasteiger partial charge in [0, 0.05) is 13.1 Å². The third-order valence-corrected chi connectivity index (χ3v) is 7.51. The Morgan fingerprint density at radius 3 is 2.44 bits per heavy atom. The van der Waals surface area contributed by atoms with E-state index in [4.69, 9.17) is 14.2 Å². The maximum absolute atomic E-state index is 13.2. The third-order valence-electron chi connectivity index (χ3n) is 5.62. The molecule has 2 aromatic carbocycles. The molecule has 0 unspecified atom stereocenters. The lowest BCUT2D eigenvalue weighted by atomic mass is 10.1. The number of hydrogen-bond donors (Lipinski definition) is 1. The highest BCUT2D eigenvalue weighted by Crippen LogP contribution is 2.32. The largest absolute Gasteiger partial charge is 0.495 e. The van der Waals surface area contributed by atoms with Crippen molar-refractivity contribution in [2.45, 2.75) is 37.0 Å². The van der Waals surface area contributed by atoms with Gasteiger partial charge in [0.2, 0.25) is 15.9 Å². The van der Waals surface area contributed by atoms with Crippen molar-refractivity contribution < 1.29 is 27.4 Å². The summed E-state index contributed by atoms with van der Waals surface area (Å²) in [6, 6.07) is 9.95. The number of sulfonamides is 1. The highest BCUT2D eigenvalue weighted by atomic mass is 32.2. The molecule has 8 nitrogen and oxygen atoms in total. The van der Waals surface area contributed by atoms with Crippen LogP contribution in [0.15, 0.2) is 41.3 Å². The van der Waals surface area contributed by atoms with Gasteiger partial charge in [-0.2, -0.15) is 4.31 Å². The van der Waals surface area contributed by atoms with E-state index in [1.54, 1.807) is 18.2 Å². The van der Waals surface area contributed by atoms with Crippen LogP contribution in [-0.4, -0.2) is 52.0 Å². The van der Waals surface area contributed by atoms with Crippen LogP contribution < -0.4 is 19.5 Å². The van der Waals surface area contributed by atoms with Crippen molar-refractivity contribution in [1.82, 2.24) is 4.31 Å². The van der Waals surface area contributed by atoms with Crippen LogP contribution in [0.3, 0.4) is 0 Å². The number of hydrogen-bond acceptors (Lipinski definition) is 6. The van der Waals surface area contributed by atoms with Gasteiger partial charge in [-0.1, -0.05) is 18.9 Å². The zero-order valence-corrected chi connectivity index (χ0v) is 18.9. The molecule has 172 valence electrons. The topological polar surface area (TPSA) is 94.2 Å². The molecule has 2 aliphatic rings. The molecule has 1 saturated heterocycles. The van der Waals surface area contributed by atoms with E-state index >= 15 is 0 Å². The lowest BCUT2D eigenvalue weighted by Crippen LogP contribution is -2.32. The molecule has 0 bridgehead atoms. The molecule has 9 heteroatoms. The van der Waals surface area contributed by atoms with Crippen molar-refractivity contribution in [3.8, 4) is 17.2 Å². The summed E-state index contributed by atoms with van der Waals surface area (Å²) < 4.78 is 44.3. The number of ether oxygens (including phenoxy) is 3. The fourth-order valence-corrected chi connectivity index (χ4v) is 5.50. The van der Waals surface area contributed by atoms with Gasteiger partial charge in [0.15, 0.2) is 11.5 Å². The fourth-order valence-electron chi connectivity index (χ4n) is 3.95. The number of methoxy groups -OCH3 is 1. The monoisotopic (exact) mass is 460 g/mol. The lowest BCUT2D eigenvalue weighted by molar-refractivity contribution is -0.115. The molecule has 1 fully saturated rings. The number of rotatable bonds is 6. The Morgan fingerprint density at radius 1 is 1.00 bits per heavy atom. The van der Waals surface area contributed by atoms with Crippen LogP contribution in [-0.2, 0) is 21.2 Å². The zero-order chi connectivity index (χ0) is 22.6. The second kappa shape index (κ2) is 9.79. The zero-order valence-electron chi connectivity index (χ0n) is 18.1. The highest BCUT2D eigenvalue weighted by Gasteiger charge is 2.26. The van der Waals surface area contributed by atoms with E-state index in [0.717, 1.165) is 31.2 Å². The molecular weight excluding hydrogens is 432 g/mol. The van der Waals surface area contributed by atoms with Gasteiger partial charge in [-0.25, -0.2) is 8.42 Å². The molecule has 2 heterocycles. The van der Waals surface area contributed by atoms with Gasteiger partial charge in [-0.3, -0.25) is 4.79 Å². The van der Waals surface area contributed by atoms with Crippen molar-refractivity contribution >= 4 is 21.6 Å². The summed E-state index contributed by atoms with van der Waals surface area (Å²) in [5.74, 6) is 1.39. The van der Waals surface area contributed by atoms with Crippen molar-refractivity contribution in [1.29, 1.82) is 0 Å². The first kappa shape index (κ1) is 22.4. The highest BCUT2D eigenvalue weighted by molar-refractivity contribution is 7.89. The van der Waals surface area contributed by atoms with E-state index in [1.807, 2.05) is 6.07 Å². The van der Waals surface area contributed by atoms with E-state index in [2.05, 4.69) is 5.32 Å². The van der Waals surface area contributed by atoms with Crippen molar-refractivity contribution in [3.05, 3.63) is 42.0 Å². The Labute approximate surface area is 188 Å². The number of benzene rings is 2. The van der Waals surface area contributed by atoms with Crippen molar-refractivity contribution in [2.24, 2.45) is 0 Å². The molecule has 0 saturated carbocycles. The molecule has 0 atom stereocenters. The smallest absolute Gasteiger partial charge is 0.243 e. The van der Waals surface area contributed by atoms with Gasteiger partial charge < -0.3 is 19.5 Å². The maximum Gasteiger partial charge on any atom is 0.243 e. The number of nitrogens with zero attached hydrogens (tertiary/aromatic N) is 1. The fraction of sp³-hybridized carbons (Fsp3) is 0.435. The standard InChI is InChI=1S/C23H28N2O6S/c1-29-20-9-7-18(32(27,28)25-10-4-2-3-5-11-25)16-19(20)24-23(26)15-17-6-8-21-22(14-17)31-13-12-30-21/h6-9,14,16H,2-5,10-13,15H2,1H3,(H,24,26). The van der Waals surface area contributed by atoms with Crippen LogP contribution in [0.2, 0.25) is 0 Å². The molecule has 2 aliphatic heterocycles. The summed E-state index contributed by atoms with van der Waals surface area (Å²) in [5.41, 5.74) is 1.09. The number of anilines is 1. The summed E-state index contributed by atoms with van der Waals surface area (Å²) in [7, 11) is -2.16. The first-order valence-electron chi connectivity index (χ1n) is 10.8. The summed E-state index contributed by atoms with van der Waals surface area (Å²) in [5, 5.41) is 2.80. The summed E-state index contributed by atoms with van der Waals surface area (Å²) in [4.78, 5) is 12.9. The molecule has 0 aromatic heterocycles. The normalized spacial score (nSPS) is 16.8. The van der Waals surface area contributed by atoms with Crippen LogP contribution in [0.25, 0.3) is 0 Å². The van der Waals surface area contributed by atoms with E-state index in [-0.39, 0.29) is 17.2 Å². The first-order chi connectivity index (χ1) is 15.5.